The number of anilines is 1. The highest BCUT2D eigenvalue weighted by atomic mass is 16.5. The molecule has 1 amide bonds. The van der Waals surface area contributed by atoms with Crippen molar-refractivity contribution in [3.05, 3.63) is 53.6 Å². The number of aromatic nitrogens is 4. The Kier molecular flexibility index (Phi) is 4.19. The second-order valence-corrected chi connectivity index (χ2v) is 5.22. The van der Waals surface area contributed by atoms with Crippen LogP contribution >= 0.6 is 0 Å². The molecule has 24 heavy (non-hydrogen) atoms. The average molecular weight is 325 g/mol. The monoisotopic (exact) mass is 325 g/mol. The highest BCUT2D eigenvalue weighted by Crippen LogP contribution is 2.08. The number of carbonyl (C=O) groups excluding carboxylic acids is 2. The van der Waals surface area contributed by atoms with Gasteiger partial charge in [-0.2, -0.15) is 4.98 Å². The molecule has 2 aromatic heterocycles. The van der Waals surface area contributed by atoms with E-state index in [1.807, 2.05) is 26.0 Å². The van der Waals surface area contributed by atoms with Gasteiger partial charge in [-0.1, -0.05) is 17.7 Å². The van der Waals surface area contributed by atoms with Crippen LogP contribution in [-0.2, 0) is 9.53 Å². The van der Waals surface area contributed by atoms with E-state index in [0.717, 1.165) is 11.3 Å². The van der Waals surface area contributed by atoms with Gasteiger partial charge in [0.25, 0.3) is 17.5 Å². The van der Waals surface area contributed by atoms with E-state index < -0.39 is 18.5 Å². The summed E-state index contributed by atoms with van der Waals surface area (Å²) in [4.78, 5) is 31.8. The molecule has 0 atom stereocenters. The highest BCUT2D eigenvalue weighted by molar-refractivity contribution is 5.94. The number of aryl methyl sites for hydroxylation is 2. The van der Waals surface area contributed by atoms with Crippen LogP contribution in [-0.4, -0.2) is 38.1 Å². The molecule has 0 unspecified atom stereocenters. The normalized spacial score (nSPS) is 10.6. The average Bonchev–Trinajstić information content (AvgIpc) is 3.00. The molecule has 2 heterocycles. The van der Waals surface area contributed by atoms with Gasteiger partial charge in [-0.05, 0) is 32.0 Å². The van der Waals surface area contributed by atoms with Crippen LogP contribution in [0.15, 0.2) is 36.5 Å². The topological polar surface area (TPSA) is 98.5 Å². The smallest absolute Gasteiger partial charge is 0.378 e. The number of fused-ring (bicyclic) bond motifs is 1. The third-order valence-corrected chi connectivity index (χ3v) is 3.28. The summed E-state index contributed by atoms with van der Waals surface area (Å²) in [6, 6.07) is 9.03. The number of esters is 1. The van der Waals surface area contributed by atoms with Crippen molar-refractivity contribution in [3.8, 4) is 0 Å². The zero-order chi connectivity index (χ0) is 17.1. The van der Waals surface area contributed by atoms with E-state index in [-0.39, 0.29) is 5.82 Å². The summed E-state index contributed by atoms with van der Waals surface area (Å²) < 4.78 is 6.37. The maximum atomic E-state index is 12.0. The second-order valence-electron chi connectivity index (χ2n) is 5.22. The van der Waals surface area contributed by atoms with Crippen molar-refractivity contribution in [3.63, 3.8) is 0 Å². The van der Waals surface area contributed by atoms with E-state index >= 15 is 0 Å². The number of carbonyl (C=O) groups is 2. The minimum absolute atomic E-state index is 0.139. The van der Waals surface area contributed by atoms with Gasteiger partial charge in [0.1, 0.15) is 0 Å². The van der Waals surface area contributed by atoms with Gasteiger partial charge in [0.15, 0.2) is 6.61 Å². The number of amides is 1. The third-order valence-electron chi connectivity index (χ3n) is 3.28. The summed E-state index contributed by atoms with van der Waals surface area (Å²) in [5, 5.41) is 6.66. The Hall–Kier alpha value is -3.29. The van der Waals surface area contributed by atoms with Crippen LogP contribution in [0.1, 0.15) is 21.9 Å². The molecular formula is C16H15N5O3. The van der Waals surface area contributed by atoms with Crippen molar-refractivity contribution in [1.82, 2.24) is 19.6 Å². The summed E-state index contributed by atoms with van der Waals surface area (Å²) in [6.07, 6.45) is 1.57. The van der Waals surface area contributed by atoms with Crippen LogP contribution in [0.3, 0.4) is 0 Å². The number of ether oxygens (including phenoxy) is 1. The van der Waals surface area contributed by atoms with Gasteiger partial charge in [-0.25, -0.2) is 14.3 Å². The lowest BCUT2D eigenvalue weighted by molar-refractivity contribution is -0.119. The molecule has 0 aliphatic rings. The van der Waals surface area contributed by atoms with Crippen LogP contribution < -0.4 is 5.32 Å². The van der Waals surface area contributed by atoms with E-state index in [0.29, 0.717) is 11.5 Å². The first-order valence-electron chi connectivity index (χ1n) is 7.25. The van der Waals surface area contributed by atoms with E-state index in [4.69, 9.17) is 4.74 Å². The van der Waals surface area contributed by atoms with Crippen molar-refractivity contribution < 1.29 is 14.3 Å². The zero-order valence-electron chi connectivity index (χ0n) is 13.2. The Bertz CT molecular complexity index is 902. The summed E-state index contributed by atoms with van der Waals surface area (Å²) in [6.45, 7) is 3.34. The number of rotatable bonds is 4. The number of benzene rings is 1. The quantitative estimate of drug-likeness (QED) is 0.731. The lowest BCUT2D eigenvalue weighted by atomic mass is 10.2. The second kappa shape index (κ2) is 6.45. The first-order valence-corrected chi connectivity index (χ1v) is 7.25. The molecule has 3 aromatic rings. The molecule has 3 rings (SSSR count). The fraction of sp³-hybridized carbons (Fsp3) is 0.188. The van der Waals surface area contributed by atoms with Crippen LogP contribution in [0.25, 0.3) is 5.78 Å². The molecule has 0 aliphatic heterocycles. The van der Waals surface area contributed by atoms with Crippen molar-refractivity contribution in [2.24, 2.45) is 0 Å². The molecule has 122 valence electrons. The van der Waals surface area contributed by atoms with Crippen LogP contribution in [0.4, 0.5) is 5.69 Å². The molecule has 0 aliphatic carbocycles. The van der Waals surface area contributed by atoms with Gasteiger partial charge in [0.05, 0.1) is 0 Å². The molecule has 8 heteroatoms. The van der Waals surface area contributed by atoms with Crippen molar-refractivity contribution >= 4 is 23.3 Å². The van der Waals surface area contributed by atoms with Gasteiger partial charge in [-0.3, -0.25) is 4.79 Å². The Morgan fingerprint density at radius 2 is 1.92 bits per heavy atom. The minimum atomic E-state index is -0.779. The van der Waals surface area contributed by atoms with E-state index in [2.05, 4.69) is 20.4 Å². The molecule has 0 radical (unpaired) electrons. The SMILES string of the molecule is Cc1ccc(NC(=O)COC(=O)c2nc3nccc(C)n3n2)cc1. The van der Waals surface area contributed by atoms with Crippen LogP contribution in [0.2, 0.25) is 0 Å². The maximum absolute atomic E-state index is 12.0. The lowest BCUT2D eigenvalue weighted by Crippen LogP contribution is -2.21. The minimum Gasteiger partial charge on any atom is -0.450 e. The Labute approximate surface area is 137 Å². The number of nitrogens with zero attached hydrogens (tertiary/aromatic N) is 4. The van der Waals surface area contributed by atoms with Gasteiger partial charge < -0.3 is 10.1 Å². The largest absolute Gasteiger partial charge is 0.450 e. The number of hydrogen-bond acceptors (Lipinski definition) is 6. The van der Waals surface area contributed by atoms with Gasteiger partial charge in [-0.15, -0.1) is 5.10 Å². The number of hydrogen-bond donors (Lipinski definition) is 1. The summed E-state index contributed by atoms with van der Waals surface area (Å²) in [7, 11) is 0. The van der Waals surface area contributed by atoms with Gasteiger partial charge in [0, 0.05) is 17.6 Å². The highest BCUT2D eigenvalue weighted by Gasteiger charge is 2.17. The lowest BCUT2D eigenvalue weighted by Gasteiger charge is -2.05. The first kappa shape index (κ1) is 15.6. The fourth-order valence-corrected chi connectivity index (χ4v) is 2.02. The molecule has 8 nitrogen and oxygen atoms in total. The zero-order valence-corrected chi connectivity index (χ0v) is 13.2. The molecular weight excluding hydrogens is 310 g/mol. The first-order chi connectivity index (χ1) is 11.5. The Morgan fingerprint density at radius 1 is 1.17 bits per heavy atom. The Balaban J connectivity index is 1.60. The standard InChI is InChI=1S/C16H15N5O3/c1-10-3-5-12(6-4-10)18-13(22)9-24-15(23)14-19-16-17-8-7-11(2)21(16)20-14/h3-8H,9H2,1-2H3,(H,18,22). The molecule has 0 saturated carbocycles. The molecule has 0 saturated heterocycles. The van der Waals surface area contributed by atoms with E-state index in [1.54, 1.807) is 24.4 Å². The van der Waals surface area contributed by atoms with Crippen LogP contribution in [0, 0.1) is 13.8 Å². The molecule has 0 spiro atoms. The Morgan fingerprint density at radius 3 is 2.62 bits per heavy atom. The summed E-state index contributed by atoms with van der Waals surface area (Å²) in [5.41, 5.74) is 2.50. The van der Waals surface area contributed by atoms with E-state index in [1.165, 1.54) is 4.52 Å². The fourth-order valence-electron chi connectivity index (χ4n) is 2.02. The predicted octanol–water partition coefficient (Wildman–Crippen LogP) is 1.54. The van der Waals surface area contributed by atoms with E-state index in [9.17, 15) is 9.59 Å². The summed E-state index contributed by atoms with van der Waals surface area (Å²) in [5.74, 6) is -1.06. The molecule has 1 N–H and O–H groups in total. The van der Waals surface area contributed by atoms with Crippen molar-refractivity contribution in [1.29, 1.82) is 0 Å². The molecule has 0 fully saturated rings. The van der Waals surface area contributed by atoms with Crippen molar-refractivity contribution in [2.45, 2.75) is 13.8 Å². The maximum Gasteiger partial charge on any atom is 0.378 e. The summed E-state index contributed by atoms with van der Waals surface area (Å²) >= 11 is 0. The van der Waals surface area contributed by atoms with Gasteiger partial charge in [0.2, 0.25) is 0 Å². The van der Waals surface area contributed by atoms with Crippen LogP contribution in [0.5, 0.6) is 0 Å². The third kappa shape index (κ3) is 3.37. The predicted molar refractivity (Wildman–Crippen MR) is 85.6 cm³/mol. The van der Waals surface area contributed by atoms with Gasteiger partial charge >= 0.3 is 5.97 Å². The van der Waals surface area contributed by atoms with Crippen molar-refractivity contribution in [2.75, 3.05) is 11.9 Å². The number of nitrogens with one attached hydrogen (secondary N) is 1. The molecule has 1 aromatic carbocycles. The molecule has 0 bridgehead atoms.